The fourth-order valence-corrected chi connectivity index (χ4v) is 3.19. The van der Waals surface area contributed by atoms with Crippen molar-refractivity contribution >= 4 is 16.9 Å². The van der Waals surface area contributed by atoms with E-state index in [1.807, 2.05) is 44.3 Å². The van der Waals surface area contributed by atoms with Gasteiger partial charge in [0, 0.05) is 23.5 Å². The van der Waals surface area contributed by atoms with Gasteiger partial charge in [-0.15, -0.1) is 0 Å². The number of aromatic nitrogens is 1. The number of aromatic amines is 1. The molecule has 4 nitrogen and oxygen atoms in total. The molecule has 4 heteroatoms. The molecule has 3 rings (SSSR count). The summed E-state index contributed by atoms with van der Waals surface area (Å²) in [5.41, 5.74) is 1.96. The second-order valence-corrected chi connectivity index (χ2v) is 6.13. The van der Waals surface area contributed by atoms with Crippen LogP contribution in [0.4, 0.5) is 0 Å². The summed E-state index contributed by atoms with van der Waals surface area (Å²) in [7, 11) is 0. The Labute approximate surface area is 144 Å². The predicted molar refractivity (Wildman–Crippen MR) is 96.9 cm³/mol. The van der Waals surface area contributed by atoms with Crippen LogP contribution in [0.25, 0.3) is 10.9 Å². The maximum absolute atomic E-state index is 12.1. The van der Waals surface area contributed by atoms with E-state index in [9.17, 15) is 9.90 Å². The number of aliphatic hydroxyl groups excluding tert-OH is 1. The van der Waals surface area contributed by atoms with Crippen LogP contribution in [-0.4, -0.2) is 28.3 Å². The van der Waals surface area contributed by atoms with Gasteiger partial charge >= 0.3 is 5.97 Å². The topological polar surface area (TPSA) is 62.3 Å². The first-order valence-corrected chi connectivity index (χ1v) is 9.17. The van der Waals surface area contributed by atoms with Crippen LogP contribution in [0.2, 0.25) is 0 Å². The first-order chi connectivity index (χ1) is 11.7. The molecule has 1 aliphatic carbocycles. The van der Waals surface area contributed by atoms with Gasteiger partial charge in [-0.25, -0.2) is 4.79 Å². The number of nitrogens with one attached hydrogen (secondary N) is 1. The lowest BCUT2D eigenvalue weighted by molar-refractivity contribution is -0.159. The number of hydrogen-bond acceptors (Lipinski definition) is 3. The summed E-state index contributed by atoms with van der Waals surface area (Å²) >= 11 is 0. The zero-order chi connectivity index (χ0) is 17.4. The van der Waals surface area contributed by atoms with Gasteiger partial charge in [0.1, 0.15) is 6.10 Å². The number of hydrogen-bond donors (Lipinski definition) is 2. The lowest BCUT2D eigenvalue weighted by Crippen LogP contribution is -2.29. The minimum atomic E-state index is -1.09. The largest absolute Gasteiger partial charge is 0.460 e. The molecule has 1 fully saturated rings. The van der Waals surface area contributed by atoms with Crippen LogP contribution < -0.4 is 0 Å². The molecule has 0 saturated heterocycles. The van der Waals surface area contributed by atoms with Crippen molar-refractivity contribution in [1.29, 1.82) is 0 Å². The van der Waals surface area contributed by atoms with Crippen molar-refractivity contribution in [3.63, 3.8) is 0 Å². The van der Waals surface area contributed by atoms with Gasteiger partial charge in [0.25, 0.3) is 0 Å². The highest BCUT2D eigenvalue weighted by atomic mass is 16.6. The minimum Gasteiger partial charge on any atom is -0.460 e. The van der Waals surface area contributed by atoms with Crippen LogP contribution in [0, 0.1) is 0 Å². The third-order valence-electron chi connectivity index (χ3n) is 4.45. The van der Waals surface area contributed by atoms with Crippen molar-refractivity contribution in [2.24, 2.45) is 0 Å². The average Bonchev–Trinajstić information content (AvgIpc) is 2.84. The summed E-state index contributed by atoms with van der Waals surface area (Å²) in [4.78, 5) is 15.3. The third kappa shape index (κ3) is 4.84. The van der Waals surface area contributed by atoms with E-state index in [0.29, 0.717) is 0 Å². The molecule has 1 saturated carbocycles. The zero-order valence-corrected chi connectivity index (χ0v) is 14.8. The molecule has 132 valence electrons. The minimum absolute atomic E-state index is 0.0207. The Hall–Kier alpha value is -1.81. The molecule has 2 aromatic rings. The number of aliphatic hydroxyl groups is 1. The van der Waals surface area contributed by atoms with Crippen molar-refractivity contribution in [3.8, 4) is 0 Å². The first kappa shape index (κ1) is 18.5. The van der Waals surface area contributed by atoms with Gasteiger partial charge in [-0.2, -0.15) is 0 Å². The number of benzene rings is 1. The van der Waals surface area contributed by atoms with Crippen molar-refractivity contribution in [2.75, 3.05) is 0 Å². The smallest absolute Gasteiger partial charge is 0.335 e. The first-order valence-electron chi connectivity index (χ1n) is 9.17. The van der Waals surface area contributed by atoms with Gasteiger partial charge in [-0.05, 0) is 37.3 Å². The number of fused-ring (bicyclic) bond motifs is 1. The quantitative estimate of drug-likeness (QED) is 0.646. The second-order valence-electron chi connectivity index (χ2n) is 6.13. The summed E-state index contributed by atoms with van der Waals surface area (Å²) in [6.45, 7) is 4.00. The fraction of sp³-hybridized carbons (Fsp3) is 0.550. The molecule has 0 aliphatic heterocycles. The molecule has 1 aliphatic rings. The molecular formula is C20H29NO3. The summed E-state index contributed by atoms with van der Waals surface area (Å²) in [5.74, 6) is -0.489. The van der Waals surface area contributed by atoms with Crippen LogP contribution >= 0.6 is 0 Å². The molecule has 1 atom stereocenters. The maximum Gasteiger partial charge on any atom is 0.335 e. The Kier molecular flexibility index (Phi) is 7.32. The van der Waals surface area contributed by atoms with Crippen molar-refractivity contribution < 1.29 is 14.6 Å². The fourth-order valence-electron chi connectivity index (χ4n) is 3.19. The number of H-pyrrole nitrogens is 1. The average molecular weight is 331 g/mol. The van der Waals surface area contributed by atoms with E-state index in [-0.39, 0.29) is 12.5 Å². The highest BCUT2D eigenvalue weighted by Gasteiger charge is 2.23. The molecule has 2 N–H and O–H groups in total. The van der Waals surface area contributed by atoms with Crippen LogP contribution in [0.5, 0.6) is 0 Å². The summed E-state index contributed by atoms with van der Waals surface area (Å²) in [6, 6.07) is 7.88. The van der Waals surface area contributed by atoms with E-state index in [1.165, 1.54) is 12.8 Å². The Bertz CT molecular complexity index is 627. The van der Waals surface area contributed by atoms with Crippen LogP contribution in [0.15, 0.2) is 30.5 Å². The molecule has 1 heterocycles. The van der Waals surface area contributed by atoms with Crippen molar-refractivity contribution in [1.82, 2.24) is 4.98 Å². The second kappa shape index (κ2) is 9.48. The monoisotopic (exact) mass is 331 g/mol. The molecule has 0 bridgehead atoms. The van der Waals surface area contributed by atoms with Crippen LogP contribution in [0.1, 0.15) is 57.9 Å². The van der Waals surface area contributed by atoms with E-state index in [4.69, 9.17) is 4.74 Å². The van der Waals surface area contributed by atoms with E-state index in [2.05, 4.69) is 4.98 Å². The van der Waals surface area contributed by atoms with Crippen LogP contribution in [-0.2, 0) is 16.0 Å². The molecule has 1 aromatic carbocycles. The summed E-state index contributed by atoms with van der Waals surface area (Å²) in [5, 5.41) is 11.2. The van der Waals surface area contributed by atoms with Gasteiger partial charge in [-0.3, -0.25) is 0 Å². The molecular weight excluding hydrogens is 302 g/mol. The standard InChI is InChI=1S/C18H23NO3.C2H6/c20-17(18(21)22-14-7-3-1-2-4-8-14)11-13-12-19-16-10-6-5-9-15(13)16;1-2/h5-6,9-10,12,14,17,19-20H,1-4,7-8,11H2;1-2H3. The van der Waals surface area contributed by atoms with E-state index in [0.717, 1.165) is 42.1 Å². The van der Waals surface area contributed by atoms with Gasteiger partial charge in [0.05, 0.1) is 0 Å². The van der Waals surface area contributed by atoms with Gasteiger partial charge in [0.2, 0.25) is 0 Å². The normalized spacial score (nSPS) is 16.8. The SMILES string of the molecule is CC.O=C(OC1CCCCCC1)C(O)Cc1c[nH]c2ccccc12. The van der Waals surface area contributed by atoms with Crippen LogP contribution in [0.3, 0.4) is 0 Å². The Morgan fingerprint density at radius 2 is 1.88 bits per heavy atom. The van der Waals surface area contributed by atoms with E-state index >= 15 is 0 Å². The van der Waals surface area contributed by atoms with Gasteiger partial charge in [0.15, 0.2) is 6.10 Å². The highest BCUT2D eigenvalue weighted by Crippen LogP contribution is 2.22. The van der Waals surface area contributed by atoms with Gasteiger partial charge < -0.3 is 14.8 Å². The zero-order valence-electron chi connectivity index (χ0n) is 14.8. The predicted octanol–water partition coefficient (Wildman–Crippen LogP) is 4.36. The van der Waals surface area contributed by atoms with Crippen molar-refractivity contribution in [2.45, 2.75) is 71.0 Å². The number of carbonyl (C=O) groups excluding carboxylic acids is 1. The number of carbonyl (C=O) groups is 1. The van der Waals surface area contributed by atoms with Gasteiger partial charge in [-0.1, -0.05) is 44.9 Å². The molecule has 0 amide bonds. The van der Waals surface area contributed by atoms with E-state index in [1.54, 1.807) is 0 Å². The molecule has 0 radical (unpaired) electrons. The highest BCUT2D eigenvalue weighted by molar-refractivity contribution is 5.84. The molecule has 0 spiro atoms. The maximum atomic E-state index is 12.1. The number of para-hydroxylation sites is 1. The van der Waals surface area contributed by atoms with E-state index < -0.39 is 12.1 Å². The Balaban J connectivity index is 0.00000100. The summed E-state index contributed by atoms with van der Waals surface area (Å²) < 4.78 is 5.49. The Morgan fingerprint density at radius 1 is 1.21 bits per heavy atom. The number of ether oxygens (including phenoxy) is 1. The lowest BCUT2D eigenvalue weighted by Gasteiger charge is -2.18. The molecule has 1 aromatic heterocycles. The number of esters is 1. The number of rotatable bonds is 4. The molecule has 1 unspecified atom stereocenters. The lowest BCUT2D eigenvalue weighted by atomic mass is 10.1. The Morgan fingerprint density at radius 3 is 2.58 bits per heavy atom. The third-order valence-corrected chi connectivity index (χ3v) is 4.45. The summed E-state index contributed by atoms with van der Waals surface area (Å²) in [6.07, 6.45) is 7.51. The van der Waals surface area contributed by atoms with Crippen molar-refractivity contribution in [3.05, 3.63) is 36.0 Å². The molecule has 24 heavy (non-hydrogen) atoms.